The van der Waals surface area contributed by atoms with Crippen LogP contribution in [0.1, 0.15) is 0 Å². The van der Waals surface area contributed by atoms with E-state index in [1.807, 2.05) is 6.07 Å². The molecule has 0 amide bonds. The number of nitrogens with zero attached hydrogens (tertiary/aromatic N) is 3. The highest BCUT2D eigenvalue weighted by Crippen LogP contribution is 2.19. The molecule has 0 aliphatic rings. The highest BCUT2D eigenvalue weighted by molar-refractivity contribution is 14.1. The first kappa shape index (κ1) is 11.1. The van der Waals surface area contributed by atoms with Crippen molar-refractivity contribution in [2.75, 3.05) is 12.8 Å². The number of nitrogens with two attached hydrogens (primary N) is 1. The minimum atomic E-state index is 0.474. The number of hydrogen-bond acceptors (Lipinski definition) is 5. The van der Waals surface area contributed by atoms with Gasteiger partial charge >= 0.3 is 0 Å². The lowest BCUT2D eigenvalue weighted by atomic mass is 10.2. The Hall–Kier alpha value is -1.44. The van der Waals surface area contributed by atoms with Gasteiger partial charge in [0.1, 0.15) is 5.82 Å². The topological polar surface area (TPSA) is 73.9 Å². The maximum Gasteiger partial charge on any atom is 0.212 e. The molecule has 2 N–H and O–H groups in total. The van der Waals surface area contributed by atoms with Gasteiger partial charge in [0.2, 0.25) is 5.88 Å². The van der Waals surface area contributed by atoms with Crippen LogP contribution in [0.15, 0.2) is 24.5 Å². The predicted molar refractivity (Wildman–Crippen MR) is 68.9 cm³/mol. The van der Waals surface area contributed by atoms with Gasteiger partial charge < -0.3 is 10.5 Å². The summed E-state index contributed by atoms with van der Waals surface area (Å²) in [5.74, 6) is 1.59. The quantitative estimate of drug-likeness (QED) is 0.850. The van der Waals surface area contributed by atoms with Crippen molar-refractivity contribution in [1.82, 2.24) is 15.0 Å². The van der Waals surface area contributed by atoms with Gasteiger partial charge in [0.15, 0.2) is 5.82 Å². The molecule has 0 unspecified atom stereocenters. The van der Waals surface area contributed by atoms with E-state index in [4.69, 9.17) is 10.5 Å². The van der Waals surface area contributed by atoms with Crippen molar-refractivity contribution in [1.29, 1.82) is 0 Å². The first-order valence-electron chi connectivity index (χ1n) is 4.49. The maximum absolute atomic E-state index is 5.71. The Morgan fingerprint density at radius 3 is 2.62 bits per heavy atom. The van der Waals surface area contributed by atoms with E-state index in [1.165, 1.54) is 0 Å². The van der Waals surface area contributed by atoms with Crippen LogP contribution in [0, 0.1) is 3.57 Å². The number of anilines is 1. The second kappa shape index (κ2) is 4.60. The van der Waals surface area contributed by atoms with Gasteiger partial charge in [0.25, 0.3) is 0 Å². The molecule has 2 rings (SSSR count). The summed E-state index contributed by atoms with van der Waals surface area (Å²) in [5, 5.41) is 0. The molecule has 6 heteroatoms. The van der Waals surface area contributed by atoms with Gasteiger partial charge in [-0.05, 0) is 28.7 Å². The van der Waals surface area contributed by atoms with Crippen LogP contribution in [-0.2, 0) is 0 Å². The van der Waals surface area contributed by atoms with Crippen molar-refractivity contribution in [3.63, 3.8) is 0 Å². The largest absolute Gasteiger partial charge is 0.481 e. The average molecular weight is 328 g/mol. The molecule has 0 aliphatic carbocycles. The number of methoxy groups -OCH3 is 1. The van der Waals surface area contributed by atoms with E-state index in [2.05, 4.69) is 37.5 Å². The lowest BCUT2D eigenvalue weighted by Crippen LogP contribution is -1.98. The molecule has 0 fully saturated rings. The van der Waals surface area contributed by atoms with Crippen LogP contribution >= 0.6 is 22.6 Å². The van der Waals surface area contributed by atoms with Crippen LogP contribution < -0.4 is 10.5 Å². The zero-order valence-electron chi connectivity index (χ0n) is 8.51. The molecule has 0 saturated carbocycles. The Morgan fingerprint density at radius 2 is 2.06 bits per heavy atom. The first-order valence-corrected chi connectivity index (χ1v) is 5.57. The van der Waals surface area contributed by atoms with Crippen LogP contribution in [0.3, 0.4) is 0 Å². The number of hydrogen-bond donors (Lipinski definition) is 1. The van der Waals surface area contributed by atoms with Crippen molar-refractivity contribution < 1.29 is 4.74 Å². The van der Waals surface area contributed by atoms with Crippen molar-refractivity contribution in [2.45, 2.75) is 0 Å². The van der Waals surface area contributed by atoms with Crippen molar-refractivity contribution in [3.05, 3.63) is 28.1 Å². The summed E-state index contributed by atoms with van der Waals surface area (Å²) >= 11 is 2.09. The Bertz CT molecular complexity index is 501. The van der Waals surface area contributed by atoms with E-state index in [9.17, 15) is 0 Å². The van der Waals surface area contributed by atoms with Crippen LogP contribution in [-0.4, -0.2) is 22.1 Å². The second-order valence-electron chi connectivity index (χ2n) is 3.02. The second-order valence-corrected chi connectivity index (χ2v) is 4.18. The summed E-state index contributed by atoms with van der Waals surface area (Å²) in [5.41, 5.74) is 6.52. The number of pyridine rings is 1. The summed E-state index contributed by atoms with van der Waals surface area (Å²) in [6, 6.07) is 3.60. The van der Waals surface area contributed by atoms with Crippen molar-refractivity contribution in [2.24, 2.45) is 0 Å². The SMILES string of the molecule is COc1ccc(-c2ncc(I)c(N)n2)cn1. The third-order valence-electron chi connectivity index (χ3n) is 1.97. The normalized spacial score (nSPS) is 10.1. The zero-order chi connectivity index (χ0) is 11.5. The van der Waals surface area contributed by atoms with Gasteiger partial charge in [-0.3, -0.25) is 0 Å². The summed E-state index contributed by atoms with van der Waals surface area (Å²) < 4.78 is 5.81. The molecule has 0 atom stereocenters. The lowest BCUT2D eigenvalue weighted by Gasteiger charge is -2.03. The Labute approximate surface area is 106 Å². The molecule has 16 heavy (non-hydrogen) atoms. The number of ether oxygens (including phenoxy) is 1. The molecule has 5 nitrogen and oxygen atoms in total. The Morgan fingerprint density at radius 1 is 1.25 bits per heavy atom. The molecular formula is C10H9IN4O. The van der Waals surface area contributed by atoms with E-state index in [0.717, 1.165) is 9.13 Å². The Kier molecular flexibility index (Phi) is 3.18. The molecule has 0 aromatic carbocycles. The predicted octanol–water partition coefficient (Wildman–Crippen LogP) is 1.73. The van der Waals surface area contributed by atoms with E-state index in [1.54, 1.807) is 25.6 Å². The van der Waals surface area contributed by atoms with Gasteiger partial charge in [-0.15, -0.1) is 0 Å². The van der Waals surface area contributed by atoms with Gasteiger partial charge in [0, 0.05) is 24.0 Å². The minimum Gasteiger partial charge on any atom is -0.481 e. The standard InChI is InChI=1S/C10H9IN4O/c1-16-8-3-2-6(4-13-8)10-14-5-7(11)9(12)15-10/h2-5H,1H3,(H2,12,14,15). The number of rotatable bonds is 2. The summed E-state index contributed by atoms with van der Waals surface area (Å²) in [6.45, 7) is 0. The van der Waals surface area contributed by atoms with Crippen molar-refractivity contribution in [3.8, 4) is 17.3 Å². The fourth-order valence-corrected chi connectivity index (χ4v) is 1.41. The third-order valence-corrected chi connectivity index (χ3v) is 2.81. The summed E-state index contributed by atoms with van der Waals surface area (Å²) in [6.07, 6.45) is 3.34. The highest BCUT2D eigenvalue weighted by atomic mass is 127. The monoisotopic (exact) mass is 328 g/mol. The average Bonchev–Trinajstić information content (AvgIpc) is 2.33. The zero-order valence-corrected chi connectivity index (χ0v) is 10.7. The molecule has 82 valence electrons. The van der Waals surface area contributed by atoms with Gasteiger partial charge in [-0.2, -0.15) is 0 Å². The number of nitrogen functional groups attached to an aromatic ring is 1. The van der Waals surface area contributed by atoms with Gasteiger partial charge in [0.05, 0.1) is 10.7 Å². The molecule has 2 aromatic rings. The maximum atomic E-state index is 5.71. The number of halogens is 1. The fourth-order valence-electron chi connectivity index (χ4n) is 1.15. The van der Waals surface area contributed by atoms with Gasteiger partial charge in [-0.25, -0.2) is 15.0 Å². The first-order chi connectivity index (χ1) is 7.70. The molecule has 0 bridgehead atoms. The lowest BCUT2D eigenvalue weighted by molar-refractivity contribution is 0.398. The highest BCUT2D eigenvalue weighted by Gasteiger charge is 2.05. The number of aromatic nitrogens is 3. The summed E-state index contributed by atoms with van der Waals surface area (Å²) in [7, 11) is 1.57. The molecule has 2 aromatic heterocycles. The minimum absolute atomic E-state index is 0.474. The van der Waals surface area contributed by atoms with Crippen LogP contribution in [0.2, 0.25) is 0 Å². The molecular weight excluding hydrogens is 319 g/mol. The summed E-state index contributed by atoms with van der Waals surface area (Å²) in [4.78, 5) is 12.4. The molecule has 0 aliphatic heterocycles. The molecule has 0 saturated heterocycles. The molecule has 0 spiro atoms. The van der Waals surface area contributed by atoms with E-state index >= 15 is 0 Å². The smallest absolute Gasteiger partial charge is 0.212 e. The van der Waals surface area contributed by atoms with Crippen LogP contribution in [0.5, 0.6) is 5.88 Å². The fraction of sp³-hybridized carbons (Fsp3) is 0.100. The van der Waals surface area contributed by atoms with Crippen LogP contribution in [0.4, 0.5) is 5.82 Å². The van der Waals surface area contributed by atoms with E-state index in [-0.39, 0.29) is 0 Å². The van der Waals surface area contributed by atoms with Crippen molar-refractivity contribution >= 4 is 28.4 Å². The van der Waals surface area contributed by atoms with E-state index < -0.39 is 0 Å². The van der Waals surface area contributed by atoms with Crippen LogP contribution in [0.25, 0.3) is 11.4 Å². The molecule has 0 radical (unpaired) electrons. The van der Waals surface area contributed by atoms with Gasteiger partial charge in [-0.1, -0.05) is 0 Å². The van der Waals surface area contributed by atoms with E-state index in [0.29, 0.717) is 17.5 Å². The molecule has 2 heterocycles. The Balaban J connectivity index is 2.38. The third kappa shape index (κ3) is 2.21.